The Labute approximate surface area is 114 Å². The first-order chi connectivity index (χ1) is 8.97. The van der Waals surface area contributed by atoms with Crippen LogP contribution >= 0.6 is 0 Å². The molecule has 1 saturated carbocycles. The van der Waals surface area contributed by atoms with Crippen molar-refractivity contribution in [2.24, 2.45) is 5.92 Å². The van der Waals surface area contributed by atoms with Gasteiger partial charge in [-0.3, -0.25) is 4.79 Å². The van der Waals surface area contributed by atoms with Gasteiger partial charge < -0.3 is 10.4 Å². The molecule has 0 atom stereocenters. The molecule has 0 aromatic rings. The highest BCUT2D eigenvalue weighted by Crippen LogP contribution is 2.28. The Morgan fingerprint density at radius 1 is 1.21 bits per heavy atom. The van der Waals surface area contributed by atoms with Crippen molar-refractivity contribution < 1.29 is 18.3 Å². The molecule has 2 rings (SSSR count). The molecule has 0 unspecified atom stereocenters. The number of piperidine rings is 1. The first kappa shape index (κ1) is 14.7. The van der Waals surface area contributed by atoms with Crippen LogP contribution in [0.4, 0.5) is 0 Å². The number of carboxylic acids is 1. The lowest BCUT2D eigenvalue weighted by Gasteiger charge is -2.31. The Morgan fingerprint density at radius 3 is 2.37 bits per heavy atom. The summed E-state index contributed by atoms with van der Waals surface area (Å²) in [5.74, 6) is -0.524. The van der Waals surface area contributed by atoms with E-state index in [1.165, 1.54) is 17.1 Å². The Kier molecular flexibility index (Phi) is 4.81. The topological polar surface area (TPSA) is 86.7 Å². The van der Waals surface area contributed by atoms with E-state index >= 15 is 0 Å². The third kappa shape index (κ3) is 4.74. The fraction of sp³-hybridized carbons (Fsp3) is 0.917. The summed E-state index contributed by atoms with van der Waals surface area (Å²) in [7, 11) is -3.40. The van der Waals surface area contributed by atoms with Gasteiger partial charge in [0.2, 0.25) is 10.0 Å². The molecule has 2 fully saturated rings. The zero-order chi connectivity index (χ0) is 13.9. The van der Waals surface area contributed by atoms with Crippen LogP contribution in [0.15, 0.2) is 0 Å². The molecule has 6 nitrogen and oxygen atoms in total. The Balaban J connectivity index is 1.73. The van der Waals surface area contributed by atoms with Crippen molar-refractivity contribution >= 4 is 16.0 Å². The summed E-state index contributed by atoms with van der Waals surface area (Å²) in [6, 6.07) is 0.409. The second kappa shape index (κ2) is 6.19. The summed E-state index contributed by atoms with van der Waals surface area (Å²) in [5, 5.41) is 12.0. The summed E-state index contributed by atoms with van der Waals surface area (Å²) >= 11 is 0. The zero-order valence-electron chi connectivity index (χ0n) is 11.0. The highest BCUT2D eigenvalue weighted by Gasteiger charge is 2.29. The van der Waals surface area contributed by atoms with Gasteiger partial charge >= 0.3 is 5.97 Å². The van der Waals surface area contributed by atoms with Crippen LogP contribution in [-0.2, 0) is 14.8 Å². The molecule has 7 heteroatoms. The molecule has 0 spiro atoms. The molecule has 1 saturated heterocycles. The summed E-state index contributed by atoms with van der Waals surface area (Å²) in [6.45, 7) is 2.06. The number of carboxylic acid groups (broad SMARTS) is 1. The van der Waals surface area contributed by atoms with Gasteiger partial charge in [-0.1, -0.05) is 0 Å². The summed E-state index contributed by atoms with van der Waals surface area (Å²) in [6.07, 6.45) is 3.95. The van der Waals surface area contributed by atoms with Gasteiger partial charge in [0, 0.05) is 19.1 Å². The second-order valence-corrected chi connectivity index (χ2v) is 7.57. The molecule has 0 radical (unpaired) electrons. The van der Waals surface area contributed by atoms with Gasteiger partial charge in [0.05, 0.1) is 12.2 Å². The molecule has 0 aromatic heterocycles. The highest BCUT2D eigenvalue weighted by atomic mass is 32.2. The van der Waals surface area contributed by atoms with Crippen molar-refractivity contribution in [3.05, 3.63) is 0 Å². The maximum Gasteiger partial charge on any atom is 0.304 e. The van der Waals surface area contributed by atoms with Gasteiger partial charge in [0.25, 0.3) is 0 Å². The lowest BCUT2D eigenvalue weighted by molar-refractivity contribution is -0.136. The first-order valence-corrected chi connectivity index (χ1v) is 8.51. The van der Waals surface area contributed by atoms with Crippen LogP contribution in [0, 0.1) is 5.92 Å². The van der Waals surface area contributed by atoms with E-state index in [4.69, 9.17) is 5.11 Å². The largest absolute Gasteiger partial charge is 0.481 e. The van der Waals surface area contributed by atoms with Crippen LogP contribution in [-0.4, -0.2) is 55.2 Å². The van der Waals surface area contributed by atoms with Gasteiger partial charge in [0.1, 0.15) is 0 Å². The number of hydrogen-bond donors (Lipinski definition) is 2. The number of nitrogens with one attached hydrogen (secondary N) is 1. The second-order valence-electron chi connectivity index (χ2n) is 5.48. The van der Waals surface area contributed by atoms with Crippen molar-refractivity contribution in [3.63, 3.8) is 0 Å². The molecule has 110 valence electrons. The number of aliphatic carboxylic acids is 1. The monoisotopic (exact) mass is 290 g/mol. The van der Waals surface area contributed by atoms with Gasteiger partial charge in [-0.25, -0.2) is 12.7 Å². The molecule has 0 aromatic carbocycles. The molecule has 1 aliphatic carbocycles. The van der Waals surface area contributed by atoms with Crippen molar-refractivity contribution in [2.75, 3.05) is 25.4 Å². The van der Waals surface area contributed by atoms with Crippen LogP contribution in [0.1, 0.15) is 32.1 Å². The van der Waals surface area contributed by atoms with Gasteiger partial charge in [-0.05, 0) is 38.1 Å². The minimum absolute atomic E-state index is 0.289. The van der Waals surface area contributed by atoms with Gasteiger partial charge in [-0.15, -0.1) is 0 Å². The van der Waals surface area contributed by atoms with E-state index in [2.05, 4.69) is 5.32 Å². The predicted octanol–water partition coefficient (Wildman–Crippen LogP) is 0.255. The van der Waals surface area contributed by atoms with E-state index in [0.717, 1.165) is 25.3 Å². The number of carbonyl (C=O) groups is 1. The SMILES string of the molecule is O=C(O)CCS(=O)(=O)N1CCC(NCC2CC2)CC1. The third-order valence-corrected chi connectivity index (χ3v) is 5.69. The predicted molar refractivity (Wildman–Crippen MR) is 71.4 cm³/mol. The van der Waals surface area contributed by atoms with E-state index in [1.54, 1.807) is 0 Å². The van der Waals surface area contributed by atoms with E-state index in [9.17, 15) is 13.2 Å². The van der Waals surface area contributed by atoms with Gasteiger partial charge in [-0.2, -0.15) is 0 Å². The molecule has 2 N–H and O–H groups in total. The van der Waals surface area contributed by atoms with E-state index in [-0.39, 0.29) is 12.2 Å². The lowest BCUT2D eigenvalue weighted by Crippen LogP contribution is -2.46. The van der Waals surface area contributed by atoms with Crippen LogP contribution in [0.3, 0.4) is 0 Å². The minimum Gasteiger partial charge on any atom is -0.481 e. The number of rotatable bonds is 7. The van der Waals surface area contributed by atoms with Crippen LogP contribution in [0.5, 0.6) is 0 Å². The van der Waals surface area contributed by atoms with E-state index in [1.807, 2.05) is 0 Å². The Morgan fingerprint density at radius 2 is 1.84 bits per heavy atom. The van der Waals surface area contributed by atoms with Crippen molar-refractivity contribution in [1.29, 1.82) is 0 Å². The molecule has 0 amide bonds. The smallest absolute Gasteiger partial charge is 0.304 e. The third-order valence-electron chi connectivity index (χ3n) is 3.81. The number of hydrogen-bond acceptors (Lipinski definition) is 4. The lowest BCUT2D eigenvalue weighted by atomic mass is 10.1. The Hall–Kier alpha value is -0.660. The van der Waals surface area contributed by atoms with Crippen LogP contribution < -0.4 is 5.32 Å². The Bertz CT molecular complexity index is 411. The zero-order valence-corrected chi connectivity index (χ0v) is 11.9. The van der Waals surface area contributed by atoms with Crippen LogP contribution in [0.2, 0.25) is 0 Å². The van der Waals surface area contributed by atoms with Crippen molar-refractivity contribution in [3.8, 4) is 0 Å². The summed E-state index contributed by atoms with van der Waals surface area (Å²) in [5.41, 5.74) is 0. The van der Waals surface area contributed by atoms with Gasteiger partial charge in [0.15, 0.2) is 0 Å². The fourth-order valence-corrected chi connectivity index (χ4v) is 3.80. The van der Waals surface area contributed by atoms with E-state index < -0.39 is 16.0 Å². The quantitative estimate of drug-likeness (QED) is 0.702. The molecule has 2 aliphatic rings. The average Bonchev–Trinajstić information content (AvgIpc) is 3.19. The molecular formula is C12H22N2O4S. The fourth-order valence-electron chi connectivity index (χ4n) is 2.34. The normalized spacial score (nSPS) is 22.5. The van der Waals surface area contributed by atoms with Crippen molar-refractivity contribution in [1.82, 2.24) is 9.62 Å². The molecule has 19 heavy (non-hydrogen) atoms. The van der Waals surface area contributed by atoms with Crippen LogP contribution in [0.25, 0.3) is 0 Å². The maximum atomic E-state index is 11.9. The van der Waals surface area contributed by atoms with Crippen molar-refractivity contribution in [2.45, 2.75) is 38.1 Å². The molecule has 1 heterocycles. The summed E-state index contributed by atoms with van der Waals surface area (Å²) < 4.78 is 25.3. The molecule has 1 aliphatic heterocycles. The number of sulfonamides is 1. The maximum absolute atomic E-state index is 11.9. The first-order valence-electron chi connectivity index (χ1n) is 6.90. The summed E-state index contributed by atoms with van der Waals surface area (Å²) in [4.78, 5) is 10.4. The standard InChI is InChI=1S/C12H22N2O4S/c15-12(16)5-8-19(17,18)14-6-3-11(4-7-14)13-9-10-1-2-10/h10-11,13H,1-9H2,(H,15,16). The molecule has 0 bridgehead atoms. The number of nitrogens with zero attached hydrogens (tertiary/aromatic N) is 1. The minimum atomic E-state index is -3.40. The molecular weight excluding hydrogens is 268 g/mol. The highest BCUT2D eigenvalue weighted by molar-refractivity contribution is 7.89. The average molecular weight is 290 g/mol. The van der Waals surface area contributed by atoms with E-state index in [0.29, 0.717) is 19.1 Å².